The van der Waals surface area contributed by atoms with Crippen molar-refractivity contribution < 1.29 is 18.3 Å². The molecule has 0 aliphatic carbocycles. The molecular weight excluding hydrogens is 278 g/mol. The Hall–Kier alpha value is -0.660. The number of hydrogen-bond donors (Lipinski definition) is 2. The molecule has 0 saturated carbocycles. The van der Waals surface area contributed by atoms with Crippen molar-refractivity contribution >= 4 is 21.6 Å². The first-order valence-corrected chi connectivity index (χ1v) is 7.36. The summed E-state index contributed by atoms with van der Waals surface area (Å²) < 4.78 is 31.1. The molecule has 1 rings (SSSR count). The molecule has 0 atom stereocenters. The van der Waals surface area contributed by atoms with Gasteiger partial charge in [-0.05, 0) is 24.6 Å². The van der Waals surface area contributed by atoms with Gasteiger partial charge >= 0.3 is 0 Å². The molecule has 5 nitrogen and oxygen atoms in total. The van der Waals surface area contributed by atoms with Crippen LogP contribution in [0.2, 0.25) is 5.02 Å². The third-order valence-electron chi connectivity index (χ3n) is 2.10. The topological polar surface area (TPSA) is 75.6 Å². The Balaban J connectivity index is 2.41. The zero-order valence-corrected chi connectivity index (χ0v) is 11.4. The lowest BCUT2D eigenvalue weighted by Crippen LogP contribution is -2.25. The van der Waals surface area contributed by atoms with Crippen molar-refractivity contribution in [1.82, 2.24) is 4.72 Å². The van der Waals surface area contributed by atoms with Crippen LogP contribution >= 0.6 is 11.6 Å². The van der Waals surface area contributed by atoms with E-state index in [1.165, 1.54) is 12.1 Å². The van der Waals surface area contributed by atoms with Gasteiger partial charge in [-0.15, -0.1) is 0 Å². The predicted molar refractivity (Wildman–Crippen MR) is 69.2 cm³/mol. The average molecular weight is 294 g/mol. The fourth-order valence-electron chi connectivity index (χ4n) is 1.26. The van der Waals surface area contributed by atoms with Gasteiger partial charge in [-0.25, -0.2) is 13.1 Å². The Morgan fingerprint density at radius 3 is 2.78 bits per heavy atom. The first-order chi connectivity index (χ1) is 8.56. The van der Waals surface area contributed by atoms with Gasteiger partial charge in [-0.2, -0.15) is 0 Å². The van der Waals surface area contributed by atoms with Crippen molar-refractivity contribution in [3.8, 4) is 0 Å². The van der Waals surface area contributed by atoms with E-state index in [9.17, 15) is 8.42 Å². The summed E-state index contributed by atoms with van der Waals surface area (Å²) in [5, 5.41) is 8.86. The summed E-state index contributed by atoms with van der Waals surface area (Å²) in [6.45, 7) is 0.911. The Morgan fingerprint density at radius 1 is 1.33 bits per heavy atom. The molecular formula is C11H16ClNO4S. The number of aliphatic hydroxyl groups is 1. The second kappa shape index (κ2) is 7.70. The summed E-state index contributed by atoms with van der Waals surface area (Å²) in [5.41, 5.74) is 0. The van der Waals surface area contributed by atoms with E-state index in [1.807, 2.05) is 0 Å². The van der Waals surface area contributed by atoms with Crippen LogP contribution in [-0.2, 0) is 14.8 Å². The molecule has 0 unspecified atom stereocenters. The average Bonchev–Trinajstić information content (AvgIpc) is 2.33. The molecule has 1 aromatic rings. The molecule has 0 saturated heterocycles. The van der Waals surface area contributed by atoms with Crippen LogP contribution in [0, 0.1) is 0 Å². The van der Waals surface area contributed by atoms with Gasteiger partial charge in [-0.3, -0.25) is 0 Å². The molecule has 1 aromatic carbocycles. The minimum atomic E-state index is -3.51. The SMILES string of the molecule is O=S(=O)(NCCCOCCO)c1cccc(Cl)c1. The third-order valence-corrected chi connectivity index (χ3v) is 3.79. The number of rotatable bonds is 8. The van der Waals surface area contributed by atoms with E-state index in [0.717, 1.165) is 0 Å². The first-order valence-electron chi connectivity index (χ1n) is 5.50. The number of hydrogen-bond acceptors (Lipinski definition) is 4. The lowest BCUT2D eigenvalue weighted by Gasteiger charge is -2.07. The maximum Gasteiger partial charge on any atom is 0.240 e. The normalized spacial score (nSPS) is 11.7. The number of aliphatic hydroxyl groups excluding tert-OH is 1. The van der Waals surface area contributed by atoms with Gasteiger partial charge in [0.15, 0.2) is 0 Å². The van der Waals surface area contributed by atoms with Crippen LogP contribution in [0.1, 0.15) is 6.42 Å². The van der Waals surface area contributed by atoms with Crippen LogP contribution in [0.4, 0.5) is 0 Å². The Bertz CT molecular complexity index is 464. The maximum atomic E-state index is 11.8. The fraction of sp³-hybridized carbons (Fsp3) is 0.455. The van der Waals surface area contributed by atoms with Crippen molar-refractivity contribution in [1.29, 1.82) is 0 Å². The standard InChI is InChI=1S/C11H16ClNO4S/c12-10-3-1-4-11(9-10)18(15,16)13-5-2-7-17-8-6-14/h1,3-4,9,13-14H,2,5-8H2. The molecule has 0 aromatic heterocycles. The second-order valence-electron chi connectivity index (χ2n) is 3.54. The van der Waals surface area contributed by atoms with Gasteiger partial charge in [0.05, 0.1) is 18.1 Å². The highest BCUT2D eigenvalue weighted by Gasteiger charge is 2.12. The summed E-state index contributed by atoms with van der Waals surface area (Å²) >= 11 is 5.73. The molecule has 0 radical (unpaired) electrons. The minimum absolute atomic E-state index is 0.0335. The third kappa shape index (κ3) is 5.32. The number of halogens is 1. The lowest BCUT2D eigenvalue weighted by atomic mass is 10.4. The molecule has 7 heteroatoms. The van der Waals surface area contributed by atoms with Crippen molar-refractivity contribution in [2.24, 2.45) is 0 Å². The minimum Gasteiger partial charge on any atom is -0.394 e. The van der Waals surface area contributed by atoms with Crippen LogP contribution in [-0.4, -0.2) is 39.9 Å². The van der Waals surface area contributed by atoms with Gasteiger partial charge in [0, 0.05) is 18.2 Å². The number of benzene rings is 1. The monoisotopic (exact) mass is 293 g/mol. The van der Waals surface area contributed by atoms with E-state index < -0.39 is 10.0 Å². The van der Waals surface area contributed by atoms with E-state index in [1.54, 1.807) is 12.1 Å². The van der Waals surface area contributed by atoms with Crippen molar-refractivity contribution in [3.63, 3.8) is 0 Å². The zero-order chi connectivity index (χ0) is 13.4. The van der Waals surface area contributed by atoms with E-state index in [0.29, 0.717) is 18.1 Å². The summed E-state index contributed by atoms with van der Waals surface area (Å²) in [7, 11) is -3.51. The first kappa shape index (κ1) is 15.4. The molecule has 0 aliphatic rings. The molecule has 0 fully saturated rings. The molecule has 0 spiro atoms. The molecule has 0 bridgehead atoms. The highest BCUT2D eigenvalue weighted by Crippen LogP contribution is 2.14. The van der Waals surface area contributed by atoms with Crippen molar-refractivity contribution in [2.45, 2.75) is 11.3 Å². The van der Waals surface area contributed by atoms with Gasteiger partial charge in [0.1, 0.15) is 0 Å². The van der Waals surface area contributed by atoms with Gasteiger partial charge < -0.3 is 9.84 Å². The summed E-state index contributed by atoms with van der Waals surface area (Å²) in [4.78, 5) is 0.145. The Labute approximate surface area is 112 Å². The van der Waals surface area contributed by atoms with Crippen LogP contribution in [0.5, 0.6) is 0 Å². The number of sulfonamides is 1. The molecule has 0 aliphatic heterocycles. The highest BCUT2D eigenvalue weighted by atomic mass is 35.5. The summed E-state index contributed by atoms with van der Waals surface area (Å²) in [6.07, 6.45) is 0.541. The molecule has 102 valence electrons. The highest BCUT2D eigenvalue weighted by molar-refractivity contribution is 7.89. The van der Waals surface area contributed by atoms with Crippen LogP contribution in [0.25, 0.3) is 0 Å². The van der Waals surface area contributed by atoms with Crippen LogP contribution in [0.3, 0.4) is 0 Å². The fourth-order valence-corrected chi connectivity index (χ4v) is 2.64. The smallest absolute Gasteiger partial charge is 0.240 e. The van der Waals surface area contributed by atoms with Crippen molar-refractivity contribution in [3.05, 3.63) is 29.3 Å². The number of ether oxygens (including phenoxy) is 1. The zero-order valence-electron chi connectivity index (χ0n) is 9.80. The van der Waals surface area contributed by atoms with Gasteiger partial charge in [0.25, 0.3) is 0 Å². The Kier molecular flexibility index (Phi) is 6.59. The van der Waals surface area contributed by atoms with E-state index in [2.05, 4.69) is 4.72 Å². The molecule has 18 heavy (non-hydrogen) atoms. The summed E-state index contributed by atoms with van der Waals surface area (Å²) in [6, 6.07) is 6.08. The molecule has 0 heterocycles. The maximum absolute atomic E-state index is 11.8. The van der Waals surface area contributed by atoms with Crippen molar-refractivity contribution in [2.75, 3.05) is 26.4 Å². The second-order valence-corrected chi connectivity index (χ2v) is 5.75. The molecule has 2 N–H and O–H groups in total. The van der Waals surface area contributed by atoms with E-state index >= 15 is 0 Å². The Morgan fingerprint density at radius 2 is 2.11 bits per heavy atom. The number of nitrogens with one attached hydrogen (secondary N) is 1. The van der Waals surface area contributed by atoms with Gasteiger partial charge in [0.2, 0.25) is 10.0 Å². The lowest BCUT2D eigenvalue weighted by molar-refractivity contribution is 0.0913. The van der Waals surface area contributed by atoms with Crippen LogP contribution in [0.15, 0.2) is 29.2 Å². The predicted octanol–water partition coefficient (Wildman–Crippen LogP) is 1.02. The largest absolute Gasteiger partial charge is 0.394 e. The van der Waals surface area contributed by atoms with Gasteiger partial charge in [-0.1, -0.05) is 17.7 Å². The quantitative estimate of drug-likeness (QED) is 0.702. The molecule has 0 amide bonds. The van der Waals surface area contributed by atoms with E-state index in [4.69, 9.17) is 21.4 Å². The van der Waals surface area contributed by atoms with E-state index in [-0.39, 0.29) is 24.7 Å². The van der Waals surface area contributed by atoms with Crippen LogP contribution < -0.4 is 4.72 Å². The summed E-state index contributed by atoms with van der Waals surface area (Å²) in [5.74, 6) is 0.